The van der Waals surface area contributed by atoms with Crippen molar-refractivity contribution >= 4 is 5.69 Å². The Morgan fingerprint density at radius 1 is 1.33 bits per heavy atom. The Morgan fingerprint density at radius 2 is 1.87 bits per heavy atom. The largest absolute Gasteiger partial charge is 0.485 e. The molecule has 4 nitrogen and oxygen atoms in total. The summed E-state index contributed by atoms with van der Waals surface area (Å²) in [5.74, 6) is -2.22. The maximum absolute atomic E-state index is 13.2. The molecule has 0 N–H and O–H groups in total. The molecule has 0 fully saturated rings. The molecule has 0 radical (unpaired) electrons. The molecular formula is C9H9F2N3O. The highest BCUT2D eigenvalue weighted by atomic mass is 19.1. The normalized spacial score (nSPS) is 9.93. The zero-order valence-corrected chi connectivity index (χ0v) is 8.24. The van der Waals surface area contributed by atoms with E-state index in [0.29, 0.717) is 0 Å². The number of benzene rings is 1. The summed E-state index contributed by atoms with van der Waals surface area (Å²) in [4.78, 5) is 2.43. The van der Waals surface area contributed by atoms with E-state index >= 15 is 0 Å². The number of hydrogen-bond donors (Lipinski definition) is 0. The Labute approximate surface area is 85.1 Å². The Bertz CT molecular complexity index is 391. The van der Waals surface area contributed by atoms with Crippen molar-refractivity contribution in [2.75, 3.05) is 0 Å². The van der Waals surface area contributed by atoms with Gasteiger partial charge in [-0.25, -0.2) is 8.78 Å². The van der Waals surface area contributed by atoms with Gasteiger partial charge < -0.3 is 4.74 Å². The van der Waals surface area contributed by atoms with Crippen molar-refractivity contribution in [1.29, 1.82) is 0 Å². The van der Waals surface area contributed by atoms with Gasteiger partial charge in [0, 0.05) is 10.6 Å². The van der Waals surface area contributed by atoms with E-state index in [9.17, 15) is 8.78 Å². The van der Waals surface area contributed by atoms with Crippen LogP contribution in [0.25, 0.3) is 10.4 Å². The molecule has 0 aromatic heterocycles. The molecule has 0 bridgehead atoms. The van der Waals surface area contributed by atoms with Crippen molar-refractivity contribution in [1.82, 2.24) is 0 Å². The van der Waals surface area contributed by atoms with Crippen LogP contribution >= 0.6 is 0 Å². The van der Waals surface area contributed by atoms with Crippen molar-refractivity contribution < 1.29 is 13.5 Å². The Kier molecular flexibility index (Phi) is 3.46. The van der Waals surface area contributed by atoms with Gasteiger partial charge in [-0.15, -0.1) is 0 Å². The fraction of sp³-hybridized carbons (Fsp3) is 0.333. The van der Waals surface area contributed by atoms with E-state index in [1.54, 1.807) is 13.8 Å². The van der Waals surface area contributed by atoms with E-state index in [0.717, 1.165) is 12.1 Å². The second-order valence-electron chi connectivity index (χ2n) is 3.09. The zero-order valence-electron chi connectivity index (χ0n) is 8.24. The molecule has 0 amide bonds. The first kappa shape index (κ1) is 11.3. The number of azide groups is 1. The Morgan fingerprint density at radius 3 is 2.27 bits per heavy atom. The average Bonchev–Trinajstić information content (AvgIpc) is 2.11. The monoisotopic (exact) mass is 213 g/mol. The van der Waals surface area contributed by atoms with Crippen molar-refractivity contribution in [2.45, 2.75) is 20.0 Å². The number of halogens is 2. The molecule has 0 saturated heterocycles. The highest BCUT2D eigenvalue weighted by molar-refractivity contribution is 5.43. The number of ether oxygens (including phenoxy) is 1. The molecule has 1 aromatic carbocycles. The van der Waals surface area contributed by atoms with Crippen LogP contribution in [0.1, 0.15) is 13.8 Å². The fourth-order valence-electron chi connectivity index (χ4n) is 1.00. The van der Waals surface area contributed by atoms with E-state index in [2.05, 4.69) is 10.0 Å². The van der Waals surface area contributed by atoms with Crippen LogP contribution in [0.4, 0.5) is 14.5 Å². The summed E-state index contributed by atoms with van der Waals surface area (Å²) in [6.45, 7) is 3.31. The quantitative estimate of drug-likeness (QED) is 0.429. The minimum absolute atomic E-state index is 0.122. The lowest BCUT2D eigenvalue weighted by molar-refractivity contribution is 0.219. The highest BCUT2D eigenvalue weighted by Gasteiger charge is 2.13. The first-order chi connectivity index (χ1) is 7.04. The SMILES string of the molecule is CC(C)Oc1c(F)cc(N=[N+]=[N-])cc1F. The predicted molar refractivity (Wildman–Crippen MR) is 50.9 cm³/mol. The second kappa shape index (κ2) is 4.61. The van der Waals surface area contributed by atoms with E-state index < -0.39 is 17.4 Å². The van der Waals surface area contributed by atoms with Crippen molar-refractivity contribution in [3.05, 3.63) is 34.2 Å². The zero-order chi connectivity index (χ0) is 11.4. The molecule has 0 atom stereocenters. The van der Waals surface area contributed by atoms with Gasteiger partial charge in [0.25, 0.3) is 0 Å². The topological polar surface area (TPSA) is 58.0 Å². The molecule has 0 spiro atoms. The standard InChI is InChI=1S/C9H9F2N3O/c1-5(2)15-9-7(10)3-6(13-14-12)4-8(9)11/h3-5H,1-2H3. The highest BCUT2D eigenvalue weighted by Crippen LogP contribution is 2.27. The number of hydrogen-bond acceptors (Lipinski definition) is 2. The van der Waals surface area contributed by atoms with E-state index in [1.165, 1.54) is 0 Å². The summed E-state index contributed by atoms with van der Waals surface area (Å²) in [7, 11) is 0. The van der Waals surface area contributed by atoms with Gasteiger partial charge in [-0.05, 0) is 31.5 Å². The summed E-state index contributed by atoms with van der Waals surface area (Å²) < 4.78 is 31.4. The third kappa shape index (κ3) is 2.82. The maximum atomic E-state index is 13.2. The average molecular weight is 213 g/mol. The summed E-state index contributed by atoms with van der Waals surface area (Å²) in [6.07, 6.45) is -0.334. The molecular weight excluding hydrogens is 204 g/mol. The maximum Gasteiger partial charge on any atom is 0.191 e. The van der Waals surface area contributed by atoms with Crippen LogP contribution < -0.4 is 4.74 Å². The van der Waals surface area contributed by atoms with Crippen LogP contribution in [-0.2, 0) is 0 Å². The van der Waals surface area contributed by atoms with Gasteiger partial charge in [-0.1, -0.05) is 5.11 Å². The van der Waals surface area contributed by atoms with Gasteiger partial charge in [0.05, 0.1) is 6.10 Å². The van der Waals surface area contributed by atoms with Crippen molar-refractivity contribution in [3.8, 4) is 5.75 Å². The van der Waals surface area contributed by atoms with Gasteiger partial charge in [-0.3, -0.25) is 0 Å². The van der Waals surface area contributed by atoms with Gasteiger partial charge in [0.15, 0.2) is 17.4 Å². The van der Waals surface area contributed by atoms with E-state index in [1.807, 2.05) is 0 Å². The lowest BCUT2D eigenvalue weighted by atomic mass is 10.3. The van der Waals surface area contributed by atoms with Gasteiger partial charge in [0.1, 0.15) is 0 Å². The molecule has 0 aliphatic rings. The summed E-state index contributed by atoms with van der Waals surface area (Å²) in [5.41, 5.74) is 7.98. The molecule has 1 aromatic rings. The van der Waals surface area contributed by atoms with Crippen LogP contribution in [0.15, 0.2) is 17.2 Å². The molecule has 0 aliphatic carbocycles. The summed E-state index contributed by atoms with van der Waals surface area (Å²) in [5, 5.41) is 3.09. The van der Waals surface area contributed by atoms with Gasteiger partial charge >= 0.3 is 0 Å². The van der Waals surface area contributed by atoms with Crippen LogP contribution in [0.3, 0.4) is 0 Å². The Balaban J connectivity index is 3.14. The minimum atomic E-state index is -0.883. The lowest BCUT2D eigenvalue weighted by Gasteiger charge is -2.11. The molecule has 6 heteroatoms. The van der Waals surface area contributed by atoms with Gasteiger partial charge in [-0.2, -0.15) is 0 Å². The molecule has 0 heterocycles. The Hall–Kier alpha value is -1.81. The van der Waals surface area contributed by atoms with E-state index in [-0.39, 0.29) is 11.8 Å². The molecule has 15 heavy (non-hydrogen) atoms. The summed E-state index contributed by atoms with van der Waals surface area (Å²) in [6, 6.07) is 1.83. The number of rotatable bonds is 3. The lowest BCUT2D eigenvalue weighted by Crippen LogP contribution is -2.08. The van der Waals surface area contributed by atoms with Crippen LogP contribution in [0, 0.1) is 11.6 Å². The molecule has 80 valence electrons. The third-order valence-corrected chi connectivity index (χ3v) is 1.50. The first-order valence-corrected chi connectivity index (χ1v) is 4.25. The van der Waals surface area contributed by atoms with E-state index in [4.69, 9.17) is 10.3 Å². The van der Waals surface area contributed by atoms with Gasteiger partial charge in [0.2, 0.25) is 0 Å². The molecule has 0 saturated carbocycles. The van der Waals surface area contributed by atoms with Crippen LogP contribution in [0.5, 0.6) is 5.75 Å². The predicted octanol–water partition coefficient (Wildman–Crippen LogP) is 3.69. The summed E-state index contributed by atoms with van der Waals surface area (Å²) >= 11 is 0. The third-order valence-electron chi connectivity index (χ3n) is 1.50. The molecule has 0 aliphatic heterocycles. The smallest absolute Gasteiger partial charge is 0.191 e. The van der Waals surface area contributed by atoms with Crippen LogP contribution in [0.2, 0.25) is 0 Å². The number of nitrogens with zero attached hydrogens (tertiary/aromatic N) is 3. The van der Waals surface area contributed by atoms with Crippen LogP contribution in [-0.4, -0.2) is 6.10 Å². The second-order valence-corrected chi connectivity index (χ2v) is 3.09. The molecule has 1 rings (SSSR count). The fourth-order valence-corrected chi connectivity index (χ4v) is 1.00. The van der Waals surface area contributed by atoms with Crippen molar-refractivity contribution in [2.24, 2.45) is 5.11 Å². The minimum Gasteiger partial charge on any atom is -0.485 e. The molecule has 0 unspecified atom stereocenters. The first-order valence-electron chi connectivity index (χ1n) is 4.25. The van der Waals surface area contributed by atoms with Crippen molar-refractivity contribution in [3.63, 3.8) is 0 Å².